The Kier molecular flexibility index (Phi) is 13.2. The van der Waals surface area contributed by atoms with Crippen LogP contribution in [0.25, 0.3) is 0 Å². The van der Waals surface area contributed by atoms with Gasteiger partial charge in [0.05, 0.1) is 25.4 Å². The van der Waals surface area contributed by atoms with Gasteiger partial charge in [-0.25, -0.2) is 0 Å². The lowest BCUT2D eigenvalue weighted by molar-refractivity contribution is -0.148. The molecule has 5 N–H and O–H groups in total. The molecular formula is C37H49N3O6. The van der Waals surface area contributed by atoms with Crippen molar-refractivity contribution >= 4 is 11.8 Å². The molecule has 3 heterocycles. The van der Waals surface area contributed by atoms with E-state index in [2.05, 4.69) is 58.9 Å². The number of aromatic nitrogens is 1. The number of carbonyl (C=O) groups excluding carboxylic acids is 2. The van der Waals surface area contributed by atoms with Gasteiger partial charge in [0.2, 0.25) is 0 Å². The fourth-order valence-electron chi connectivity index (χ4n) is 6.41. The number of phenols is 1. The number of methoxy groups -OCH3 is 1. The van der Waals surface area contributed by atoms with Crippen molar-refractivity contribution in [1.82, 2.24) is 15.6 Å². The van der Waals surface area contributed by atoms with Gasteiger partial charge in [0, 0.05) is 45.3 Å². The number of aliphatic hydroxyl groups is 1. The van der Waals surface area contributed by atoms with Crippen LogP contribution in [0.15, 0.2) is 54.1 Å². The lowest BCUT2D eigenvalue weighted by atomic mass is 9.84. The molecular weight excluding hydrogens is 582 g/mol. The van der Waals surface area contributed by atoms with Gasteiger partial charge in [-0.2, -0.15) is 0 Å². The van der Waals surface area contributed by atoms with Crippen LogP contribution in [0, 0.1) is 23.7 Å². The van der Waals surface area contributed by atoms with Crippen LogP contribution in [0.5, 0.6) is 11.5 Å². The maximum absolute atomic E-state index is 13.5. The molecule has 9 heteroatoms. The molecule has 0 aliphatic carbocycles. The number of aromatic hydroxyl groups is 1. The number of ether oxygens (including phenoxy) is 2. The zero-order valence-corrected chi connectivity index (χ0v) is 27.4. The van der Waals surface area contributed by atoms with Gasteiger partial charge in [0.1, 0.15) is 11.9 Å². The summed E-state index contributed by atoms with van der Waals surface area (Å²) in [7, 11) is 1.49. The summed E-state index contributed by atoms with van der Waals surface area (Å²) in [6, 6.07) is 5.03. The molecule has 0 saturated carbocycles. The molecule has 4 unspecified atom stereocenters. The first-order valence-corrected chi connectivity index (χ1v) is 16.5. The first-order valence-electron chi connectivity index (χ1n) is 16.5. The summed E-state index contributed by atoms with van der Waals surface area (Å²) in [4.78, 5) is 28.8. The topological polar surface area (TPSA) is 133 Å². The predicted molar refractivity (Wildman–Crippen MR) is 178 cm³/mol. The monoisotopic (exact) mass is 631 g/mol. The van der Waals surface area contributed by atoms with E-state index in [1.807, 2.05) is 0 Å². The van der Waals surface area contributed by atoms with E-state index in [9.17, 15) is 19.8 Å². The smallest absolute Gasteiger partial charge is 0.302 e. The molecule has 2 aromatic rings. The molecule has 0 saturated heterocycles. The van der Waals surface area contributed by atoms with E-state index in [-0.39, 0.29) is 36.9 Å². The third kappa shape index (κ3) is 10.2. The van der Waals surface area contributed by atoms with Crippen LogP contribution in [0.1, 0.15) is 81.4 Å². The summed E-state index contributed by atoms with van der Waals surface area (Å²) in [6.07, 6.45) is 14.1. The molecule has 0 radical (unpaired) electrons. The molecule has 1 aromatic carbocycles. The minimum atomic E-state index is -0.507. The number of dihydropyridines is 1. The molecule has 0 amide bonds. The Morgan fingerprint density at radius 1 is 1.09 bits per heavy atom. The number of phenolic OH excluding ortho intramolecular Hbond substituents is 1. The lowest BCUT2D eigenvalue weighted by Crippen LogP contribution is -2.30. The summed E-state index contributed by atoms with van der Waals surface area (Å²) in [5.41, 5.74) is 4.57. The van der Waals surface area contributed by atoms with Crippen molar-refractivity contribution in [3.05, 3.63) is 70.8 Å². The summed E-state index contributed by atoms with van der Waals surface area (Å²) >= 11 is 0. The number of carbonyl (C=O) groups is 2. The van der Waals surface area contributed by atoms with Crippen LogP contribution >= 0.6 is 0 Å². The number of hydrogen-bond donors (Lipinski definition) is 5. The van der Waals surface area contributed by atoms with E-state index >= 15 is 0 Å². The van der Waals surface area contributed by atoms with Crippen molar-refractivity contribution in [3.8, 4) is 23.3 Å². The standard InChI is InChI=1S/C37H49N3O6/c1-4-26-9-11-34(46-25(2)42)22-33(43)19-28(29-10-12-35(44)36(20-29)45-3)7-5-14-39-37-21-30(13-15-40-37)27(8-6-16-41)18-32-24-38-23-31(32)17-26/h10,12-13,20-21,23-24,26-28,34,38-41,44H,4,6,8-9,11,14-19,22H2,1-3H3. The maximum Gasteiger partial charge on any atom is 0.302 e. The van der Waals surface area contributed by atoms with Crippen molar-refractivity contribution in [2.24, 2.45) is 11.8 Å². The number of nitrogens with one attached hydrogen (secondary N) is 3. The second-order valence-corrected chi connectivity index (χ2v) is 12.3. The Morgan fingerprint density at radius 3 is 2.63 bits per heavy atom. The highest BCUT2D eigenvalue weighted by molar-refractivity contribution is 5.80. The molecule has 9 nitrogen and oxygen atoms in total. The minimum absolute atomic E-state index is 0.0164. The van der Waals surface area contributed by atoms with Crippen LogP contribution in [-0.4, -0.2) is 59.9 Å². The number of esters is 1. The van der Waals surface area contributed by atoms with E-state index in [0.29, 0.717) is 31.2 Å². The van der Waals surface area contributed by atoms with Crippen LogP contribution in [0.3, 0.4) is 0 Å². The Hall–Kier alpha value is -4.16. The van der Waals surface area contributed by atoms with Crippen molar-refractivity contribution in [2.75, 3.05) is 26.8 Å². The van der Waals surface area contributed by atoms with Gasteiger partial charge in [0.25, 0.3) is 0 Å². The third-order valence-electron chi connectivity index (χ3n) is 8.97. The first-order chi connectivity index (χ1) is 22.3. The highest BCUT2D eigenvalue weighted by Crippen LogP contribution is 2.32. The predicted octanol–water partition coefficient (Wildman–Crippen LogP) is 5.05. The molecule has 2 bridgehead atoms. The maximum atomic E-state index is 13.5. The second kappa shape index (κ2) is 17.5. The number of Topliss-reactive ketones (excluding diaryl/α,β-unsaturated/α-hetero) is 1. The van der Waals surface area contributed by atoms with E-state index < -0.39 is 18.0 Å². The molecule has 2 aliphatic rings. The largest absolute Gasteiger partial charge is 0.504 e. The van der Waals surface area contributed by atoms with Gasteiger partial charge in [-0.1, -0.05) is 37.3 Å². The first kappa shape index (κ1) is 34.7. The van der Waals surface area contributed by atoms with E-state index in [4.69, 9.17) is 9.47 Å². The SMILES string of the molecule is CCC1CCC(OC(C)=O)CC(=O)CC(c2ccc(O)c(OC)c2)C#CCNC2=CC(=CCN2)C(CCCO)Cc2c[nH]cc2C1. The number of aliphatic hydroxyl groups excluding tert-OH is 1. The van der Waals surface area contributed by atoms with Crippen LogP contribution in [0.2, 0.25) is 0 Å². The summed E-state index contributed by atoms with van der Waals surface area (Å²) < 4.78 is 11.0. The fraction of sp³-hybridized carbons (Fsp3) is 0.514. The molecule has 0 spiro atoms. The number of rotatable bonds is 7. The molecule has 46 heavy (non-hydrogen) atoms. The minimum Gasteiger partial charge on any atom is -0.504 e. The summed E-state index contributed by atoms with van der Waals surface area (Å²) in [5, 5.41) is 26.6. The van der Waals surface area contributed by atoms with Crippen molar-refractivity contribution in [1.29, 1.82) is 0 Å². The Labute approximate surface area is 272 Å². The van der Waals surface area contributed by atoms with Gasteiger partial charge in [-0.05, 0) is 90.8 Å². The van der Waals surface area contributed by atoms with Crippen LogP contribution < -0.4 is 15.4 Å². The van der Waals surface area contributed by atoms with Gasteiger partial charge >= 0.3 is 5.97 Å². The van der Waals surface area contributed by atoms with Crippen LogP contribution in [-0.2, 0) is 27.2 Å². The van der Waals surface area contributed by atoms with E-state index in [0.717, 1.165) is 49.9 Å². The van der Waals surface area contributed by atoms with Crippen LogP contribution in [0.4, 0.5) is 0 Å². The zero-order valence-electron chi connectivity index (χ0n) is 27.4. The summed E-state index contributed by atoms with van der Waals surface area (Å²) in [6.45, 7) is 4.79. The zero-order chi connectivity index (χ0) is 32.9. The Balaban J connectivity index is 1.66. The lowest BCUT2D eigenvalue weighted by Gasteiger charge is -2.24. The van der Waals surface area contributed by atoms with Gasteiger partial charge in [-0.3, -0.25) is 9.59 Å². The van der Waals surface area contributed by atoms with E-state index in [1.165, 1.54) is 30.7 Å². The number of benzene rings is 1. The molecule has 2 aliphatic heterocycles. The fourth-order valence-corrected chi connectivity index (χ4v) is 6.41. The normalized spacial score (nSPS) is 22.8. The number of H-pyrrole nitrogens is 1. The van der Waals surface area contributed by atoms with Gasteiger partial charge < -0.3 is 35.3 Å². The average molecular weight is 632 g/mol. The molecule has 0 fully saturated rings. The Morgan fingerprint density at radius 2 is 1.89 bits per heavy atom. The number of fused-ring (bicyclic) bond motifs is 2. The quantitative estimate of drug-likeness (QED) is 0.212. The number of ketones is 1. The molecule has 248 valence electrons. The van der Waals surface area contributed by atoms with E-state index in [1.54, 1.807) is 18.2 Å². The second-order valence-electron chi connectivity index (χ2n) is 12.3. The molecule has 4 atom stereocenters. The molecule has 4 rings (SSSR count). The highest BCUT2D eigenvalue weighted by atomic mass is 16.5. The van der Waals surface area contributed by atoms with Crippen molar-refractivity contribution in [2.45, 2.75) is 83.7 Å². The Bertz CT molecular complexity index is 1450. The van der Waals surface area contributed by atoms with Gasteiger partial charge in [-0.15, -0.1) is 0 Å². The summed E-state index contributed by atoms with van der Waals surface area (Å²) in [5.74, 6) is 7.44. The van der Waals surface area contributed by atoms with Crippen molar-refractivity contribution < 1.29 is 29.3 Å². The number of aromatic amines is 1. The number of hydrogen-bond acceptors (Lipinski definition) is 8. The highest BCUT2D eigenvalue weighted by Gasteiger charge is 2.24. The molecule has 1 aromatic heterocycles. The van der Waals surface area contributed by atoms with Gasteiger partial charge in [0.15, 0.2) is 11.5 Å². The van der Waals surface area contributed by atoms with Crippen molar-refractivity contribution in [3.63, 3.8) is 0 Å². The third-order valence-corrected chi connectivity index (χ3v) is 8.97. The average Bonchev–Trinajstić information content (AvgIpc) is 3.48. The number of allylic oxidation sites excluding steroid dienone is 2.